The van der Waals surface area contributed by atoms with Gasteiger partial charge < -0.3 is 16.0 Å². The van der Waals surface area contributed by atoms with Gasteiger partial charge in [0.25, 0.3) is 0 Å². The van der Waals surface area contributed by atoms with Gasteiger partial charge in [-0.15, -0.1) is 0 Å². The first-order valence-electron chi connectivity index (χ1n) is 10.9. The summed E-state index contributed by atoms with van der Waals surface area (Å²) in [6.45, 7) is 14.3. The fourth-order valence-corrected chi connectivity index (χ4v) is 4.17. The molecule has 6 heteroatoms. The van der Waals surface area contributed by atoms with Crippen LogP contribution in [0.1, 0.15) is 63.0 Å². The predicted octanol–water partition coefficient (Wildman–Crippen LogP) is 6.32. The van der Waals surface area contributed by atoms with Crippen molar-refractivity contribution in [3.05, 3.63) is 65.4 Å². The van der Waals surface area contributed by atoms with Crippen molar-refractivity contribution >= 4 is 28.1 Å². The number of nitrogen functional groups attached to an aromatic ring is 1. The maximum Gasteiger partial charge on any atom is 0.138 e. The van der Waals surface area contributed by atoms with Crippen LogP contribution >= 0.6 is 0 Å². The Labute approximate surface area is 184 Å². The van der Waals surface area contributed by atoms with Gasteiger partial charge in [0.2, 0.25) is 0 Å². The monoisotopic (exact) mass is 421 g/mol. The minimum atomic E-state index is -0.346. The van der Waals surface area contributed by atoms with Gasteiger partial charge in [0, 0.05) is 35.4 Å². The van der Waals surface area contributed by atoms with E-state index in [0.29, 0.717) is 17.4 Å². The Hall–Kier alpha value is -3.15. The Morgan fingerprint density at radius 2 is 1.90 bits per heavy atom. The average molecular weight is 422 g/mol. The number of nitrogens with two attached hydrogens (primary N) is 1. The van der Waals surface area contributed by atoms with Crippen LogP contribution in [0.2, 0.25) is 0 Å². The Bertz CT molecular complexity index is 1100. The van der Waals surface area contributed by atoms with Crippen LogP contribution in [0.3, 0.4) is 0 Å². The van der Waals surface area contributed by atoms with Crippen molar-refractivity contribution in [3.63, 3.8) is 0 Å². The smallest absolute Gasteiger partial charge is 0.138 e. The molecule has 3 aromatic rings. The van der Waals surface area contributed by atoms with Crippen molar-refractivity contribution in [2.45, 2.75) is 53.0 Å². The van der Waals surface area contributed by atoms with Gasteiger partial charge in [-0.3, -0.25) is 0 Å². The number of anilines is 3. The zero-order chi connectivity index (χ0) is 22.9. The molecule has 0 amide bonds. The Morgan fingerprint density at radius 1 is 1.19 bits per heavy atom. The van der Waals surface area contributed by atoms with Crippen molar-refractivity contribution in [3.8, 4) is 0 Å². The molecule has 2 atom stereocenters. The zero-order valence-corrected chi connectivity index (χ0v) is 19.3. The van der Waals surface area contributed by atoms with Gasteiger partial charge in [0.15, 0.2) is 0 Å². The van der Waals surface area contributed by atoms with Crippen molar-refractivity contribution in [1.82, 2.24) is 9.97 Å². The quantitative estimate of drug-likeness (QED) is 0.483. The third kappa shape index (κ3) is 4.20. The van der Waals surface area contributed by atoms with Crippen LogP contribution in [-0.2, 0) is 0 Å². The molecule has 5 nitrogen and oxygen atoms in total. The summed E-state index contributed by atoms with van der Waals surface area (Å²) in [5.74, 6) is 1.37. The van der Waals surface area contributed by atoms with E-state index >= 15 is 0 Å². The molecule has 0 fully saturated rings. The summed E-state index contributed by atoms with van der Waals surface area (Å²) in [5, 5.41) is 4.36. The second-order valence-electron chi connectivity index (χ2n) is 7.74. The normalized spacial score (nSPS) is 16.0. The van der Waals surface area contributed by atoms with E-state index in [1.807, 2.05) is 34.7 Å². The lowest BCUT2D eigenvalue weighted by Gasteiger charge is -2.19. The fourth-order valence-electron chi connectivity index (χ4n) is 4.17. The van der Waals surface area contributed by atoms with Crippen LogP contribution in [0.4, 0.5) is 21.6 Å². The molecule has 0 radical (unpaired) electrons. The van der Waals surface area contributed by atoms with Crippen LogP contribution < -0.4 is 16.0 Å². The number of aryl methyl sites for hydroxylation is 1. The number of rotatable bonds is 4. The van der Waals surface area contributed by atoms with Crippen molar-refractivity contribution in [2.24, 2.45) is 0 Å². The molecule has 0 saturated carbocycles. The molecule has 1 aromatic heterocycles. The molecular formula is C25H32FN5. The minimum Gasteiger partial charge on any atom is -0.399 e. The fraction of sp³-hybridized carbons (Fsp3) is 0.360. The van der Waals surface area contributed by atoms with E-state index in [1.54, 1.807) is 6.07 Å². The van der Waals surface area contributed by atoms with E-state index in [-0.39, 0.29) is 11.9 Å². The standard InChI is InChI=1S/C23H26FN5.C2H6/c1-6-18-13(3)29(5)22-11-20-21(10-19(18)22)27-14(4)28-23(20)26-12(2)15-7-16(24)9-17(25)8-15;1-2/h7-12,18H,3,6,25H2,1-2,4-5H3,(H,26,27,28);1-2H3/t12-,18?;/m1./s1. The van der Waals surface area contributed by atoms with Crippen molar-refractivity contribution in [2.75, 3.05) is 23.0 Å². The lowest BCUT2D eigenvalue weighted by Crippen LogP contribution is -2.12. The summed E-state index contributed by atoms with van der Waals surface area (Å²) in [5.41, 5.74) is 11.4. The molecule has 0 aliphatic carbocycles. The minimum absolute atomic E-state index is 0.171. The Morgan fingerprint density at radius 3 is 2.55 bits per heavy atom. The van der Waals surface area contributed by atoms with Gasteiger partial charge in [0.1, 0.15) is 17.5 Å². The summed E-state index contributed by atoms with van der Waals surface area (Å²) in [6.07, 6.45) is 0.995. The van der Waals surface area contributed by atoms with Crippen LogP contribution in [0.25, 0.3) is 10.9 Å². The second kappa shape index (κ2) is 8.92. The third-order valence-corrected chi connectivity index (χ3v) is 5.73. The highest BCUT2D eigenvalue weighted by Gasteiger charge is 2.30. The number of halogens is 1. The highest BCUT2D eigenvalue weighted by molar-refractivity contribution is 5.94. The molecule has 3 N–H and O–H groups in total. The maximum atomic E-state index is 13.8. The SMILES string of the molecule is C=C1C(CC)c2cc3nc(C)nc(N[C@H](C)c4cc(N)cc(F)c4)c3cc2N1C.CC. The number of nitrogens with zero attached hydrogens (tertiary/aromatic N) is 3. The van der Waals surface area contributed by atoms with Gasteiger partial charge >= 0.3 is 0 Å². The largest absolute Gasteiger partial charge is 0.399 e. The molecule has 0 saturated heterocycles. The number of hydrogen-bond acceptors (Lipinski definition) is 5. The van der Waals surface area contributed by atoms with E-state index in [0.717, 1.165) is 40.1 Å². The lowest BCUT2D eigenvalue weighted by molar-refractivity contribution is 0.624. The molecule has 1 aliphatic rings. The highest BCUT2D eigenvalue weighted by Crippen LogP contribution is 2.45. The summed E-state index contributed by atoms with van der Waals surface area (Å²) < 4.78 is 13.8. The molecule has 2 heterocycles. The molecule has 1 aliphatic heterocycles. The van der Waals surface area contributed by atoms with Crippen LogP contribution in [-0.4, -0.2) is 17.0 Å². The van der Waals surface area contributed by atoms with E-state index < -0.39 is 0 Å². The van der Waals surface area contributed by atoms with Crippen molar-refractivity contribution in [1.29, 1.82) is 0 Å². The number of allylic oxidation sites excluding steroid dienone is 1. The molecule has 164 valence electrons. The van der Waals surface area contributed by atoms with Crippen LogP contribution in [0.5, 0.6) is 0 Å². The summed E-state index contributed by atoms with van der Waals surface area (Å²) >= 11 is 0. The lowest BCUT2D eigenvalue weighted by atomic mass is 9.95. The maximum absolute atomic E-state index is 13.8. The number of likely N-dealkylation sites (N-methyl/N-ethyl adjacent to an activating group) is 1. The van der Waals surface area contributed by atoms with Crippen molar-refractivity contribution < 1.29 is 4.39 Å². The highest BCUT2D eigenvalue weighted by atomic mass is 19.1. The topological polar surface area (TPSA) is 67.1 Å². The summed E-state index contributed by atoms with van der Waals surface area (Å²) in [6, 6.07) is 8.69. The first kappa shape index (κ1) is 22.5. The molecule has 1 unspecified atom stereocenters. The first-order valence-corrected chi connectivity index (χ1v) is 10.9. The Kier molecular flexibility index (Phi) is 6.48. The Balaban J connectivity index is 0.00000132. The summed E-state index contributed by atoms with van der Waals surface area (Å²) in [4.78, 5) is 11.4. The number of nitrogens with one attached hydrogen (secondary N) is 1. The average Bonchev–Trinajstić information content (AvgIpc) is 2.96. The molecule has 31 heavy (non-hydrogen) atoms. The second-order valence-corrected chi connectivity index (χ2v) is 7.74. The number of hydrogen-bond donors (Lipinski definition) is 2. The van der Waals surface area contributed by atoms with Crippen LogP contribution in [0.15, 0.2) is 42.6 Å². The van der Waals surface area contributed by atoms with E-state index in [2.05, 4.69) is 45.8 Å². The van der Waals surface area contributed by atoms with E-state index in [4.69, 9.17) is 5.73 Å². The van der Waals surface area contributed by atoms with Gasteiger partial charge in [-0.25, -0.2) is 14.4 Å². The summed E-state index contributed by atoms with van der Waals surface area (Å²) in [7, 11) is 2.04. The molecular weight excluding hydrogens is 389 g/mol. The van der Waals surface area contributed by atoms with Gasteiger partial charge in [0.05, 0.1) is 11.6 Å². The molecule has 0 bridgehead atoms. The van der Waals surface area contributed by atoms with Crippen LogP contribution in [0, 0.1) is 12.7 Å². The predicted molar refractivity (Wildman–Crippen MR) is 129 cm³/mol. The molecule has 2 aromatic carbocycles. The molecule has 4 rings (SSSR count). The molecule has 0 spiro atoms. The van der Waals surface area contributed by atoms with Gasteiger partial charge in [-0.05, 0) is 61.7 Å². The number of aromatic nitrogens is 2. The van der Waals surface area contributed by atoms with E-state index in [9.17, 15) is 4.39 Å². The first-order chi connectivity index (χ1) is 14.8. The van der Waals surface area contributed by atoms with E-state index in [1.165, 1.54) is 17.7 Å². The van der Waals surface area contributed by atoms with Gasteiger partial charge in [-0.1, -0.05) is 27.4 Å². The zero-order valence-electron chi connectivity index (χ0n) is 19.3. The third-order valence-electron chi connectivity index (χ3n) is 5.73. The van der Waals surface area contributed by atoms with Gasteiger partial charge in [-0.2, -0.15) is 0 Å². The number of benzene rings is 2. The number of fused-ring (bicyclic) bond motifs is 2.